The first-order valence-electron chi connectivity index (χ1n) is 8.87. The number of benzene rings is 1. The van der Waals surface area contributed by atoms with Crippen LogP contribution in [0.4, 0.5) is 0 Å². The highest BCUT2D eigenvalue weighted by molar-refractivity contribution is 7.90. The molecule has 0 spiro atoms. The van der Waals surface area contributed by atoms with E-state index in [2.05, 4.69) is 11.9 Å². The van der Waals surface area contributed by atoms with Crippen molar-refractivity contribution in [2.45, 2.75) is 44.0 Å². The molecular weight excluding hydrogens is 404 g/mol. The van der Waals surface area contributed by atoms with E-state index in [1.165, 1.54) is 12.1 Å². The van der Waals surface area contributed by atoms with E-state index in [4.69, 9.17) is 17.3 Å². The van der Waals surface area contributed by atoms with Gasteiger partial charge in [0.1, 0.15) is 11.5 Å². The van der Waals surface area contributed by atoms with Crippen molar-refractivity contribution in [3.05, 3.63) is 46.5 Å². The van der Waals surface area contributed by atoms with E-state index in [1.807, 2.05) is 4.72 Å². The lowest BCUT2D eigenvalue weighted by Gasteiger charge is -2.11. The zero-order valence-corrected chi connectivity index (χ0v) is 17.1. The fourth-order valence-electron chi connectivity index (χ4n) is 2.64. The molecule has 1 amide bonds. The van der Waals surface area contributed by atoms with Crippen LogP contribution >= 0.6 is 11.6 Å². The minimum atomic E-state index is -3.95. The van der Waals surface area contributed by atoms with E-state index in [0.717, 1.165) is 18.4 Å². The van der Waals surface area contributed by atoms with Crippen molar-refractivity contribution in [3.63, 3.8) is 0 Å². The molecule has 3 N–H and O–H groups in total. The molecule has 0 saturated carbocycles. The number of rotatable bonds is 10. The Hall–Kier alpha value is -2.23. The minimum absolute atomic E-state index is 0.0351. The van der Waals surface area contributed by atoms with Gasteiger partial charge in [-0.3, -0.25) is 9.59 Å². The Morgan fingerprint density at radius 2 is 2.00 bits per heavy atom. The van der Waals surface area contributed by atoms with Gasteiger partial charge in [0.05, 0.1) is 4.90 Å². The van der Waals surface area contributed by atoms with Gasteiger partial charge in [-0.1, -0.05) is 37.1 Å². The first-order valence-corrected chi connectivity index (χ1v) is 10.7. The fourth-order valence-corrected chi connectivity index (χ4v) is 3.90. The van der Waals surface area contributed by atoms with E-state index in [1.54, 1.807) is 16.7 Å². The monoisotopic (exact) mass is 426 g/mol. The zero-order chi connectivity index (χ0) is 20.7. The number of amides is 1. The van der Waals surface area contributed by atoms with E-state index in [0.29, 0.717) is 30.8 Å². The molecule has 0 bridgehead atoms. The molecule has 10 heteroatoms. The smallest absolute Gasteiger partial charge is 0.264 e. The summed E-state index contributed by atoms with van der Waals surface area (Å²) in [6.45, 7) is 2.45. The molecule has 2 aromatic rings. The number of nitrogens with zero attached hydrogens (tertiary/aromatic N) is 2. The number of imidazole rings is 1. The minimum Gasteiger partial charge on any atom is -0.330 e. The van der Waals surface area contributed by atoms with Gasteiger partial charge < -0.3 is 10.3 Å². The lowest BCUT2D eigenvalue weighted by atomic mass is 10.2. The first-order chi connectivity index (χ1) is 13.3. The summed E-state index contributed by atoms with van der Waals surface area (Å²) in [5.74, 6) is 0.0514. The summed E-state index contributed by atoms with van der Waals surface area (Å²) in [6.07, 6.45) is 3.16. The molecule has 1 heterocycles. The Labute approximate surface area is 169 Å². The lowest BCUT2D eigenvalue weighted by molar-refractivity contribution is -0.119. The first kappa shape index (κ1) is 22.1. The van der Waals surface area contributed by atoms with Crippen LogP contribution < -0.4 is 10.5 Å². The zero-order valence-electron chi connectivity index (χ0n) is 15.5. The highest BCUT2D eigenvalue weighted by Crippen LogP contribution is 2.20. The molecule has 8 nitrogen and oxygen atoms in total. The number of aryl methyl sites for hydroxylation is 1. The quantitative estimate of drug-likeness (QED) is 0.559. The van der Waals surface area contributed by atoms with Crippen LogP contribution in [-0.2, 0) is 27.8 Å². The van der Waals surface area contributed by atoms with Gasteiger partial charge in [-0.15, -0.1) is 0 Å². The van der Waals surface area contributed by atoms with Crippen molar-refractivity contribution >= 4 is 33.8 Å². The standard InChI is InChI=1S/C18H23ClN4O4S/c1-2-3-4-16-21-18(19)15(12-24)23(16)11-13-5-7-14(8-6-13)28(26,27)22-17(25)9-10-20/h5-8,12H,2-4,9-11,20H2,1H3,(H,22,25). The molecule has 1 aromatic heterocycles. The Morgan fingerprint density at radius 1 is 1.32 bits per heavy atom. The normalized spacial score (nSPS) is 11.4. The van der Waals surface area contributed by atoms with Gasteiger partial charge in [0.2, 0.25) is 5.91 Å². The van der Waals surface area contributed by atoms with Gasteiger partial charge in [-0.2, -0.15) is 0 Å². The summed E-state index contributed by atoms with van der Waals surface area (Å²) in [5, 5.41) is 0.155. The maximum atomic E-state index is 12.2. The maximum Gasteiger partial charge on any atom is 0.264 e. The van der Waals surface area contributed by atoms with E-state index in [9.17, 15) is 18.0 Å². The molecule has 0 aliphatic rings. The molecule has 152 valence electrons. The summed E-state index contributed by atoms with van der Waals surface area (Å²) in [4.78, 5) is 27.1. The van der Waals surface area contributed by atoms with Gasteiger partial charge in [0.15, 0.2) is 11.4 Å². The van der Waals surface area contributed by atoms with Crippen LogP contribution in [0, 0.1) is 0 Å². The van der Waals surface area contributed by atoms with Crippen LogP contribution in [0.25, 0.3) is 0 Å². The van der Waals surface area contributed by atoms with Crippen molar-refractivity contribution in [2.24, 2.45) is 5.73 Å². The van der Waals surface area contributed by atoms with E-state index in [-0.39, 0.29) is 23.0 Å². The molecule has 0 unspecified atom stereocenters. The van der Waals surface area contributed by atoms with Crippen LogP contribution in [0.3, 0.4) is 0 Å². The lowest BCUT2D eigenvalue weighted by Crippen LogP contribution is -2.31. The number of nitrogens with one attached hydrogen (secondary N) is 1. The summed E-state index contributed by atoms with van der Waals surface area (Å²) in [7, 11) is -3.95. The number of carbonyl (C=O) groups is 2. The number of sulfonamides is 1. The SMILES string of the molecule is CCCCc1nc(Cl)c(C=O)n1Cc1ccc(S(=O)(=O)NC(=O)CCN)cc1. The van der Waals surface area contributed by atoms with Crippen molar-refractivity contribution in [1.29, 1.82) is 0 Å². The van der Waals surface area contributed by atoms with Gasteiger partial charge in [0, 0.05) is 25.9 Å². The van der Waals surface area contributed by atoms with Gasteiger partial charge in [0.25, 0.3) is 10.0 Å². The number of halogens is 1. The second-order valence-electron chi connectivity index (χ2n) is 6.22. The van der Waals surface area contributed by atoms with Crippen molar-refractivity contribution in [3.8, 4) is 0 Å². The third-order valence-corrected chi connectivity index (χ3v) is 5.77. The highest BCUT2D eigenvalue weighted by Gasteiger charge is 2.18. The molecule has 0 aliphatic carbocycles. The van der Waals surface area contributed by atoms with Gasteiger partial charge in [-0.25, -0.2) is 18.1 Å². The van der Waals surface area contributed by atoms with Crippen LogP contribution in [0.15, 0.2) is 29.2 Å². The third-order valence-electron chi connectivity index (χ3n) is 4.10. The van der Waals surface area contributed by atoms with Crippen molar-refractivity contribution < 1.29 is 18.0 Å². The average molecular weight is 427 g/mol. The largest absolute Gasteiger partial charge is 0.330 e. The summed E-state index contributed by atoms with van der Waals surface area (Å²) < 4.78 is 28.1. The van der Waals surface area contributed by atoms with Crippen LogP contribution in [-0.4, -0.2) is 36.7 Å². The summed E-state index contributed by atoms with van der Waals surface area (Å²) in [5.41, 5.74) is 6.31. The summed E-state index contributed by atoms with van der Waals surface area (Å²) in [6, 6.07) is 6.04. The molecule has 0 aliphatic heterocycles. The Kier molecular flexibility index (Phi) is 7.73. The molecule has 0 radical (unpaired) electrons. The maximum absolute atomic E-state index is 12.2. The molecule has 1 aromatic carbocycles. The third kappa shape index (κ3) is 5.40. The molecule has 28 heavy (non-hydrogen) atoms. The predicted molar refractivity (Wildman–Crippen MR) is 106 cm³/mol. The number of hydrogen-bond donors (Lipinski definition) is 2. The Bertz CT molecular complexity index is 939. The van der Waals surface area contributed by atoms with Crippen LogP contribution in [0.1, 0.15) is 48.1 Å². The number of aldehydes is 1. The van der Waals surface area contributed by atoms with Crippen molar-refractivity contribution in [1.82, 2.24) is 14.3 Å². The second kappa shape index (κ2) is 9.81. The van der Waals surface area contributed by atoms with E-state index < -0.39 is 15.9 Å². The number of nitrogens with two attached hydrogens (primary N) is 1. The number of unbranched alkanes of at least 4 members (excludes halogenated alkanes) is 1. The van der Waals surface area contributed by atoms with Gasteiger partial charge >= 0.3 is 0 Å². The Morgan fingerprint density at radius 3 is 2.57 bits per heavy atom. The molecule has 2 rings (SSSR count). The second-order valence-corrected chi connectivity index (χ2v) is 8.26. The fraction of sp³-hybridized carbons (Fsp3) is 0.389. The van der Waals surface area contributed by atoms with Crippen LogP contribution in [0.5, 0.6) is 0 Å². The number of aromatic nitrogens is 2. The highest BCUT2D eigenvalue weighted by atomic mass is 35.5. The molecule has 0 saturated heterocycles. The van der Waals surface area contributed by atoms with Gasteiger partial charge in [-0.05, 0) is 24.1 Å². The molecule has 0 fully saturated rings. The molecular formula is C18H23ClN4O4S. The topological polar surface area (TPSA) is 124 Å². The number of hydrogen-bond acceptors (Lipinski definition) is 6. The van der Waals surface area contributed by atoms with E-state index >= 15 is 0 Å². The van der Waals surface area contributed by atoms with Crippen LogP contribution in [0.2, 0.25) is 5.15 Å². The van der Waals surface area contributed by atoms with Crippen molar-refractivity contribution in [2.75, 3.05) is 6.54 Å². The Balaban J connectivity index is 2.23. The predicted octanol–water partition coefficient (Wildman–Crippen LogP) is 1.89. The average Bonchev–Trinajstić information content (AvgIpc) is 2.94. The molecule has 0 atom stereocenters. The number of carbonyl (C=O) groups excluding carboxylic acids is 2. The summed E-state index contributed by atoms with van der Waals surface area (Å²) >= 11 is 6.06.